The van der Waals surface area contributed by atoms with Crippen LogP contribution in [0.25, 0.3) is 0 Å². The quantitative estimate of drug-likeness (QED) is 0.465. The average Bonchev–Trinajstić information content (AvgIpc) is 2.21. The maximum atomic E-state index is 8.67. The van der Waals surface area contributed by atoms with Gasteiger partial charge >= 0.3 is 0 Å². The molecule has 0 aromatic heterocycles. The molecule has 0 unspecified atom stereocenters. The first-order valence-electron chi connectivity index (χ1n) is 3.95. The van der Waals surface area contributed by atoms with E-state index in [1.54, 1.807) is 0 Å². The molecule has 0 bridgehead atoms. The molecule has 0 atom stereocenters. The Morgan fingerprint density at radius 1 is 1.15 bits per heavy atom. The SMILES string of the molecule is OCC(CO)=NNc1ccccc1. The molecule has 0 amide bonds. The second-order valence-electron chi connectivity index (χ2n) is 2.47. The number of aliphatic hydroxyl groups is 2. The monoisotopic (exact) mass is 180 g/mol. The van der Waals surface area contributed by atoms with Crippen LogP contribution in [0.15, 0.2) is 35.4 Å². The minimum atomic E-state index is -0.240. The van der Waals surface area contributed by atoms with Gasteiger partial charge in [0.25, 0.3) is 0 Å². The van der Waals surface area contributed by atoms with E-state index in [2.05, 4.69) is 10.5 Å². The predicted octanol–water partition coefficient (Wildman–Crippen LogP) is 0.439. The highest BCUT2D eigenvalue weighted by Gasteiger charge is 1.93. The molecular weight excluding hydrogens is 168 g/mol. The smallest absolute Gasteiger partial charge is 0.0890 e. The number of anilines is 1. The first-order chi connectivity index (χ1) is 6.36. The molecular formula is C9H12N2O2. The largest absolute Gasteiger partial charge is 0.390 e. The summed E-state index contributed by atoms with van der Waals surface area (Å²) < 4.78 is 0. The zero-order valence-corrected chi connectivity index (χ0v) is 7.14. The van der Waals surface area contributed by atoms with Crippen LogP contribution in [0.3, 0.4) is 0 Å². The van der Waals surface area contributed by atoms with Crippen LogP contribution >= 0.6 is 0 Å². The molecule has 13 heavy (non-hydrogen) atoms. The molecule has 1 aromatic rings. The highest BCUT2D eigenvalue weighted by atomic mass is 16.3. The first kappa shape index (κ1) is 9.70. The van der Waals surface area contributed by atoms with Crippen molar-refractivity contribution < 1.29 is 10.2 Å². The molecule has 0 fully saturated rings. The van der Waals surface area contributed by atoms with Gasteiger partial charge in [-0.05, 0) is 12.1 Å². The highest BCUT2D eigenvalue weighted by Crippen LogP contribution is 2.04. The molecule has 0 radical (unpaired) electrons. The predicted molar refractivity (Wildman–Crippen MR) is 51.7 cm³/mol. The molecule has 1 rings (SSSR count). The van der Waals surface area contributed by atoms with E-state index in [0.29, 0.717) is 5.71 Å². The van der Waals surface area contributed by atoms with E-state index < -0.39 is 0 Å². The normalized spacial score (nSPS) is 9.38. The van der Waals surface area contributed by atoms with Crippen LogP contribution in [0.2, 0.25) is 0 Å². The van der Waals surface area contributed by atoms with Gasteiger partial charge in [0.2, 0.25) is 0 Å². The van der Waals surface area contributed by atoms with Gasteiger partial charge in [0, 0.05) is 0 Å². The van der Waals surface area contributed by atoms with Gasteiger partial charge in [-0.15, -0.1) is 0 Å². The molecule has 0 aliphatic rings. The third kappa shape index (κ3) is 3.23. The summed E-state index contributed by atoms with van der Waals surface area (Å²) in [5.41, 5.74) is 3.84. The number of hydrazone groups is 1. The second-order valence-corrected chi connectivity index (χ2v) is 2.47. The van der Waals surface area contributed by atoms with E-state index >= 15 is 0 Å². The summed E-state index contributed by atoms with van der Waals surface area (Å²) >= 11 is 0. The van der Waals surface area contributed by atoms with Gasteiger partial charge < -0.3 is 10.2 Å². The molecule has 0 aliphatic heterocycles. The van der Waals surface area contributed by atoms with Crippen LogP contribution < -0.4 is 5.43 Å². The summed E-state index contributed by atoms with van der Waals surface area (Å²) in [7, 11) is 0. The molecule has 4 nitrogen and oxygen atoms in total. The summed E-state index contributed by atoms with van der Waals surface area (Å²) in [6, 6.07) is 9.32. The number of para-hydroxylation sites is 1. The van der Waals surface area contributed by atoms with Gasteiger partial charge in [-0.2, -0.15) is 5.10 Å². The van der Waals surface area contributed by atoms with Crippen LogP contribution in [0.5, 0.6) is 0 Å². The van der Waals surface area contributed by atoms with Crippen LogP contribution in [-0.2, 0) is 0 Å². The van der Waals surface area contributed by atoms with E-state index in [-0.39, 0.29) is 13.2 Å². The molecule has 4 heteroatoms. The van der Waals surface area contributed by atoms with Crippen LogP contribution in [0.1, 0.15) is 0 Å². The van der Waals surface area contributed by atoms with E-state index in [0.717, 1.165) is 5.69 Å². The fourth-order valence-electron chi connectivity index (χ4n) is 0.777. The van der Waals surface area contributed by atoms with E-state index in [4.69, 9.17) is 10.2 Å². The number of hydrogen-bond donors (Lipinski definition) is 3. The van der Waals surface area contributed by atoms with E-state index in [9.17, 15) is 0 Å². The number of nitrogens with zero attached hydrogens (tertiary/aromatic N) is 1. The number of nitrogens with one attached hydrogen (secondary N) is 1. The summed E-state index contributed by atoms with van der Waals surface area (Å²) in [6.45, 7) is -0.479. The van der Waals surface area contributed by atoms with Gasteiger partial charge in [0.1, 0.15) is 0 Å². The fraction of sp³-hybridized carbons (Fsp3) is 0.222. The minimum Gasteiger partial charge on any atom is -0.390 e. The van der Waals surface area contributed by atoms with E-state index in [1.807, 2.05) is 30.3 Å². The Balaban J connectivity index is 2.55. The number of aliphatic hydroxyl groups excluding tert-OH is 2. The molecule has 0 heterocycles. The lowest BCUT2D eigenvalue weighted by Gasteiger charge is -2.01. The summed E-state index contributed by atoms with van der Waals surface area (Å²) in [4.78, 5) is 0. The second kappa shape index (κ2) is 5.29. The molecule has 70 valence electrons. The molecule has 0 aliphatic carbocycles. The third-order valence-corrected chi connectivity index (χ3v) is 1.48. The van der Waals surface area contributed by atoms with Gasteiger partial charge in [-0.3, -0.25) is 5.43 Å². The van der Waals surface area contributed by atoms with Crippen molar-refractivity contribution in [3.63, 3.8) is 0 Å². The standard InChI is InChI=1S/C9H12N2O2/c12-6-9(7-13)11-10-8-4-2-1-3-5-8/h1-5,10,12-13H,6-7H2. The van der Waals surface area contributed by atoms with Gasteiger partial charge in [0.15, 0.2) is 0 Å². The number of rotatable bonds is 4. The van der Waals surface area contributed by atoms with Crippen molar-refractivity contribution in [2.24, 2.45) is 5.10 Å². The number of benzene rings is 1. The minimum absolute atomic E-state index is 0.240. The summed E-state index contributed by atoms with van der Waals surface area (Å²) in [6.07, 6.45) is 0. The Morgan fingerprint density at radius 3 is 2.31 bits per heavy atom. The summed E-state index contributed by atoms with van der Waals surface area (Å²) in [5, 5.41) is 21.1. The first-order valence-corrected chi connectivity index (χ1v) is 3.95. The average molecular weight is 180 g/mol. The van der Waals surface area contributed by atoms with Crippen molar-refractivity contribution in [2.45, 2.75) is 0 Å². The topological polar surface area (TPSA) is 64.8 Å². The molecule has 0 spiro atoms. The Morgan fingerprint density at radius 2 is 1.77 bits per heavy atom. The molecule has 0 saturated carbocycles. The maximum Gasteiger partial charge on any atom is 0.0890 e. The zero-order valence-electron chi connectivity index (χ0n) is 7.14. The Labute approximate surface area is 76.5 Å². The van der Waals surface area contributed by atoms with Crippen molar-refractivity contribution in [3.05, 3.63) is 30.3 Å². The van der Waals surface area contributed by atoms with Gasteiger partial charge in [0.05, 0.1) is 24.6 Å². The van der Waals surface area contributed by atoms with Crippen LogP contribution in [-0.4, -0.2) is 29.1 Å². The maximum absolute atomic E-state index is 8.67. The molecule has 3 N–H and O–H groups in total. The zero-order chi connectivity index (χ0) is 9.52. The Bertz CT molecular complexity index is 266. The highest BCUT2D eigenvalue weighted by molar-refractivity contribution is 5.87. The van der Waals surface area contributed by atoms with Crippen LogP contribution in [0.4, 0.5) is 5.69 Å². The number of hydrogen-bond acceptors (Lipinski definition) is 4. The van der Waals surface area contributed by atoms with Crippen molar-refractivity contribution >= 4 is 11.4 Å². The Kier molecular flexibility index (Phi) is 3.95. The Hall–Kier alpha value is -1.39. The lowest BCUT2D eigenvalue weighted by Crippen LogP contribution is -2.11. The van der Waals surface area contributed by atoms with Gasteiger partial charge in [-0.1, -0.05) is 18.2 Å². The lowest BCUT2D eigenvalue weighted by molar-refractivity contribution is 0.319. The van der Waals surface area contributed by atoms with Crippen molar-refractivity contribution in [1.82, 2.24) is 0 Å². The van der Waals surface area contributed by atoms with Crippen molar-refractivity contribution in [2.75, 3.05) is 18.6 Å². The van der Waals surface area contributed by atoms with Crippen LogP contribution in [0, 0.1) is 0 Å². The molecule has 0 saturated heterocycles. The summed E-state index contributed by atoms with van der Waals surface area (Å²) in [5.74, 6) is 0. The fourth-order valence-corrected chi connectivity index (χ4v) is 0.777. The van der Waals surface area contributed by atoms with E-state index in [1.165, 1.54) is 0 Å². The van der Waals surface area contributed by atoms with Crippen molar-refractivity contribution in [1.29, 1.82) is 0 Å². The molecule has 1 aromatic carbocycles. The lowest BCUT2D eigenvalue weighted by atomic mass is 10.3. The van der Waals surface area contributed by atoms with Crippen molar-refractivity contribution in [3.8, 4) is 0 Å². The third-order valence-electron chi connectivity index (χ3n) is 1.48. The van der Waals surface area contributed by atoms with Gasteiger partial charge in [-0.25, -0.2) is 0 Å².